The minimum absolute atomic E-state index is 0.0642. The molecule has 1 aliphatic heterocycles. The van der Waals surface area contributed by atoms with Gasteiger partial charge in [0.15, 0.2) is 0 Å². The molecule has 0 spiro atoms. The van der Waals surface area contributed by atoms with Crippen LogP contribution in [0.3, 0.4) is 0 Å². The molecular formula is C14H23BrN4O. The van der Waals surface area contributed by atoms with Crippen LogP contribution in [0.15, 0.2) is 15.5 Å². The van der Waals surface area contributed by atoms with Crippen molar-refractivity contribution in [3.05, 3.63) is 21.0 Å². The molecule has 112 valence electrons. The zero-order valence-electron chi connectivity index (χ0n) is 12.2. The number of hydrogen-bond acceptors (Lipinski definition) is 4. The molecule has 1 saturated heterocycles. The average Bonchev–Trinajstić information content (AvgIpc) is 2.97. The van der Waals surface area contributed by atoms with Crippen LogP contribution in [-0.2, 0) is 6.54 Å². The third kappa shape index (κ3) is 3.61. The number of anilines is 1. The molecule has 1 fully saturated rings. The number of hydrogen-bond donors (Lipinski definition) is 1. The van der Waals surface area contributed by atoms with Crippen molar-refractivity contribution in [3.8, 4) is 0 Å². The summed E-state index contributed by atoms with van der Waals surface area (Å²) in [7, 11) is 0. The Hall–Kier alpha value is -0.880. The summed E-state index contributed by atoms with van der Waals surface area (Å²) in [6, 6.07) is 0.475. The van der Waals surface area contributed by atoms with Crippen molar-refractivity contribution in [2.75, 3.05) is 25.0 Å². The molecule has 1 aromatic rings. The molecule has 5 nitrogen and oxygen atoms in total. The van der Waals surface area contributed by atoms with Crippen LogP contribution >= 0.6 is 15.9 Å². The van der Waals surface area contributed by atoms with Crippen molar-refractivity contribution in [2.45, 2.75) is 45.7 Å². The molecule has 1 N–H and O–H groups in total. The summed E-state index contributed by atoms with van der Waals surface area (Å²) in [6.45, 7) is 8.10. The van der Waals surface area contributed by atoms with Gasteiger partial charge in [-0.25, -0.2) is 4.68 Å². The van der Waals surface area contributed by atoms with Gasteiger partial charge in [-0.15, -0.1) is 0 Å². The zero-order chi connectivity index (χ0) is 14.5. The van der Waals surface area contributed by atoms with Crippen LogP contribution in [-0.4, -0.2) is 40.4 Å². The van der Waals surface area contributed by atoms with Crippen molar-refractivity contribution in [3.63, 3.8) is 0 Å². The summed E-state index contributed by atoms with van der Waals surface area (Å²) in [5, 5.41) is 7.54. The highest BCUT2D eigenvalue weighted by atomic mass is 79.9. The maximum Gasteiger partial charge on any atom is 0.283 e. The summed E-state index contributed by atoms with van der Waals surface area (Å²) >= 11 is 3.39. The zero-order valence-corrected chi connectivity index (χ0v) is 13.8. The first-order valence-corrected chi connectivity index (χ1v) is 8.16. The Bertz CT molecular complexity index is 496. The number of halogens is 1. The van der Waals surface area contributed by atoms with Gasteiger partial charge in [-0.1, -0.05) is 6.92 Å². The fourth-order valence-electron chi connectivity index (χ4n) is 2.53. The van der Waals surface area contributed by atoms with Crippen molar-refractivity contribution >= 4 is 21.6 Å². The van der Waals surface area contributed by atoms with E-state index in [0.717, 1.165) is 18.7 Å². The Morgan fingerprint density at radius 2 is 2.15 bits per heavy atom. The summed E-state index contributed by atoms with van der Waals surface area (Å²) in [4.78, 5) is 14.6. The first-order valence-electron chi connectivity index (χ1n) is 7.37. The van der Waals surface area contributed by atoms with Crippen LogP contribution in [0.4, 0.5) is 5.69 Å². The number of aromatic nitrogens is 2. The maximum atomic E-state index is 12.1. The second-order valence-electron chi connectivity index (χ2n) is 5.37. The van der Waals surface area contributed by atoms with Gasteiger partial charge in [0.1, 0.15) is 4.47 Å². The van der Waals surface area contributed by atoms with Gasteiger partial charge in [0, 0.05) is 19.1 Å². The largest absolute Gasteiger partial charge is 0.381 e. The molecule has 20 heavy (non-hydrogen) atoms. The van der Waals surface area contributed by atoms with Crippen LogP contribution in [0, 0.1) is 0 Å². The van der Waals surface area contributed by atoms with Crippen molar-refractivity contribution in [1.29, 1.82) is 0 Å². The molecule has 0 aromatic carbocycles. The number of aryl methyl sites for hydroxylation is 1. The van der Waals surface area contributed by atoms with E-state index >= 15 is 0 Å². The molecule has 0 bridgehead atoms. The third-order valence-electron chi connectivity index (χ3n) is 3.77. The Morgan fingerprint density at radius 1 is 1.45 bits per heavy atom. The monoisotopic (exact) mass is 342 g/mol. The molecule has 1 aromatic heterocycles. The van der Waals surface area contributed by atoms with E-state index in [1.165, 1.54) is 30.6 Å². The Morgan fingerprint density at radius 3 is 2.80 bits per heavy atom. The lowest BCUT2D eigenvalue weighted by Gasteiger charge is -2.24. The Kier molecular flexibility index (Phi) is 5.60. The highest BCUT2D eigenvalue weighted by molar-refractivity contribution is 9.10. The smallest absolute Gasteiger partial charge is 0.283 e. The molecule has 0 saturated carbocycles. The first kappa shape index (κ1) is 15.5. The number of likely N-dealkylation sites (tertiary alicyclic amines) is 1. The topological polar surface area (TPSA) is 50.2 Å². The van der Waals surface area contributed by atoms with Gasteiger partial charge in [-0.05, 0) is 55.2 Å². The number of nitrogens with one attached hydrogen (secondary N) is 1. The molecule has 6 heteroatoms. The van der Waals surface area contributed by atoms with Crippen LogP contribution in [0.1, 0.15) is 33.1 Å². The summed E-state index contributed by atoms with van der Waals surface area (Å²) < 4.78 is 2.08. The van der Waals surface area contributed by atoms with Crippen molar-refractivity contribution < 1.29 is 0 Å². The molecule has 2 heterocycles. The highest BCUT2D eigenvalue weighted by Crippen LogP contribution is 2.17. The predicted molar refractivity (Wildman–Crippen MR) is 85.2 cm³/mol. The van der Waals surface area contributed by atoms with Gasteiger partial charge in [-0.3, -0.25) is 9.69 Å². The second-order valence-corrected chi connectivity index (χ2v) is 6.17. The van der Waals surface area contributed by atoms with Crippen LogP contribution in [0.5, 0.6) is 0 Å². The van der Waals surface area contributed by atoms with Crippen molar-refractivity contribution in [1.82, 2.24) is 14.7 Å². The molecule has 1 unspecified atom stereocenters. The highest BCUT2D eigenvalue weighted by Gasteiger charge is 2.18. The van der Waals surface area contributed by atoms with Gasteiger partial charge >= 0.3 is 0 Å². The molecule has 1 atom stereocenters. The number of rotatable bonds is 6. The van der Waals surface area contributed by atoms with Gasteiger partial charge in [0.25, 0.3) is 5.56 Å². The quantitative estimate of drug-likeness (QED) is 0.861. The fourth-order valence-corrected chi connectivity index (χ4v) is 2.98. The van der Waals surface area contributed by atoms with Gasteiger partial charge in [0.05, 0.1) is 11.9 Å². The van der Waals surface area contributed by atoms with E-state index in [0.29, 0.717) is 17.1 Å². The molecule has 1 aliphatic rings. The molecular weight excluding hydrogens is 320 g/mol. The van der Waals surface area contributed by atoms with E-state index in [2.05, 4.69) is 38.2 Å². The lowest BCUT2D eigenvalue weighted by atomic mass is 10.3. The van der Waals surface area contributed by atoms with Crippen LogP contribution in [0.25, 0.3) is 0 Å². The van der Waals surface area contributed by atoms with E-state index in [-0.39, 0.29) is 5.56 Å². The minimum atomic E-state index is -0.0642. The molecule has 0 aliphatic carbocycles. The first-order chi connectivity index (χ1) is 9.63. The average molecular weight is 343 g/mol. The molecule has 0 radical (unpaired) electrons. The van der Waals surface area contributed by atoms with E-state index < -0.39 is 0 Å². The molecule has 2 rings (SSSR count). The predicted octanol–water partition coefficient (Wildman–Crippen LogP) is 2.31. The fraction of sp³-hybridized carbons (Fsp3) is 0.714. The van der Waals surface area contributed by atoms with Gasteiger partial charge < -0.3 is 5.32 Å². The van der Waals surface area contributed by atoms with E-state index in [9.17, 15) is 4.79 Å². The summed E-state index contributed by atoms with van der Waals surface area (Å²) in [6.07, 6.45) is 5.22. The summed E-state index contributed by atoms with van der Waals surface area (Å²) in [5.74, 6) is 0. The Balaban J connectivity index is 1.99. The lowest BCUT2D eigenvalue weighted by Crippen LogP contribution is -2.36. The second kappa shape index (κ2) is 7.22. The maximum absolute atomic E-state index is 12.1. The normalized spacial score (nSPS) is 17.4. The summed E-state index contributed by atoms with van der Waals surface area (Å²) in [5.41, 5.74) is 0.721. The standard InChI is InChI=1S/C14H23BrN4O/c1-3-6-19-14(20)13(15)12(10-17-19)16-9-11(2)18-7-4-5-8-18/h10-11,16H,3-9H2,1-2H3. The van der Waals surface area contributed by atoms with E-state index in [1.807, 2.05) is 6.92 Å². The Labute approximate surface area is 128 Å². The number of nitrogens with zero attached hydrogens (tertiary/aromatic N) is 3. The molecule has 0 amide bonds. The minimum Gasteiger partial charge on any atom is -0.381 e. The van der Waals surface area contributed by atoms with Crippen LogP contribution < -0.4 is 10.9 Å². The van der Waals surface area contributed by atoms with E-state index in [4.69, 9.17) is 0 Å². The van der Waals surface area contributed by atoms with Gasteiger partial charge in [-0.2, -0.15) is 5.10 Å². The van der Waals surface area contributed by atoms with E-state index in [1.54, 1.807) is 6.20 Å². The van der Waals surface area contributed by atoms with Gasteiger partial charge in [0.2, 0.25) is 0 Å². The van der Waals surface area contributed by atoms with Crippen LogP contribution in [0.2, 0.25) is 0 Å². The lowest BCUT2D eigenvalue weighted by molar-refractivity contribution is 0.269. The van der Waals surface area contributed by atoms with Crippen molar-refractivity contribution in [2.24, 2.45) is 0 Å². The third-order valence-corrected chi connectivity index (χ3v) is 4.54. The SMILES string of the molecule is CCCn1ncc(NCC(C)N2CCCC2)c(Br)c1=O.